The normalized spacial score (nSPS) is 13.9. The van der Waals surface area contributed by atoms with E-state index in [0.717, 1.165) is 5.69 Å². The zero-order chi connectivity index (χ0) is 20.2. The maximum absolute atomic E-state index is 14.4. The van der Waals surface area contributed by atoms with E-state index in [1.165, 1.54) is 18.2 Å². The van der Waals surface area contributed by atoms with Crippen LogP contribution >= 0.6 is 0 Å². The Hall–Kier alpha value is -2.16. The van der Waals surface area contributed by atoms with Gasteiger partial charge in [0.05, 0.1) is 18.7 Å². The first-order valence-electron chi connectivity index (χ1n) is 8.36. The van der Waals surface area contributed by atoms with Crippen LogP contribution in [-0.2, 0) is 16.2 Å². The summed E-state index contributed by atoms with van der Waals surface area (Å²) in [5.74, 6) is -0.934. The molecule has 1 heterocycles. The molecule has 0 fully saturated rings. The molecule has 146 valence electrons. The number of nitrogens with one attached hydrogen (secondary N) is 1. The molecule has 2 rings (SSSR count). The van der Waals surface area contributed by atoms with Crippen LogP contribution in [0.1, 0.15) is 44.5 Å². The number of aryl methyl sites for hydroxylation is 1. The summed E-state index contributed by atoms with van der Waals surface area (Å²) in [6.45, 7) is 7.08. The third-order valence-electron chi connectivity index (χ3n) is 3.65. The fraction of sp³-hybridized carbons (Fsp3) is 0.368. The summed E-state index contributed by atoms with van der Waals surface area (Å²) in [7, 11) is 0. The molecule has 0 saturated carbocycles. The average Bonchev–Trinajstić information content (AvgIpc) is 2.56. The molecule has 2 N–H and O–H groups in total. The van der Waals surface area contributed by atoms with Crippen molar-refractivity contribution in [2.45, 2.75) is 44.9 Å². The molecule has 8 heteroatoms. The Kier molecular flexibility index (Phi) is 6.80. The minimum absolute atomic E-state index is 0.0765. The topological polar surface area (TPSA) is 94.5 Å². The summed E-state index contributed by atoms with van der Waals surface area (Å²) < 4.78 is 34.6. The molecular formula is C19H23FN2O4S. The molecule has 0 aliphatic heterocycles. The van der Waals surface area contributed by atoms with Crippen molar-refractivity contribution in [2.75, 3.05) is 0 Å². The molecule has 2 aromatic rings. The molecular weight excluding hydrogens is 371 g/mol. The number of aliphatic carboxylic acids is 1. The molecule has 6 nitrogen and oxygen atoms in total. The molecule has 0 bridgehead atoms. The Morgan fingerprint density at radius 1 is 1.33 bits per heavy atom. The van der Waals surface area contributed by atoms with E-state index in [9.17, 15) is 18.8 Å². The van der Waals surface area contributed by atoms with Crippen molar-refractivity contribution in [2.24, 2.45) is 0 Å². The number of hydrogen-bond acceptors (Lipinski definition) is 5. The van der Waals surface area contributed by atoms with E-state index in [2.05, 4.69) is 9.71 Å². The lowest BCUT2D eigenvalue weighted by molar-refractivity contribution is -0.137. The number of aromatic nitrogens is 1. The van der Waals surface area contributed by atoms with Gasteiger partial charge in [0.15, 0.2) is 0 Å². The van der Waals surface area contributed by atoms with Crippen LogP contribution in [-0.4, -0.2) is 25.4 Å². The van der Waals surface area contributed by atoms with Gasteiger partial charge in [-0.25, -0.2) is 4.39 Å². The van der Waals surface area contributed by atoms with Gasteiger partial charge in [-0.1, -0.05) is 0 Å². The molecule has 1 aromatic carbocycles. The van der Waals surface area contributed by atoms with Crippen LogP contribution in [0.4, 0.5) is 4.39 Å². The first kappa shape index (κ1) is 21.1. The highest BCUT2D eigenvalue weighted by Gasteiger charge is 2.32. The molecule has 1 aromatic heterocycles. The molecule has 0 aliphatic rings. The number of carboxylic acids is 1. The van der Waals surface area contributed by atoms with Gasteiger partial charge in [-0.15, -0.1) is 4.72 Å². The smallest absolute Gasteiger partial charge is 0.305 e. The van der Waals surface area contributed by atoms with Crippen molar-refractivity contribution in [1.82, 2.24) is 9.71 Å². The second-order valence-electron chi connectivity index (χ2n) is 7.07. The number of ether oxygens (including phenoxy) is 1. The van der Waals surface area contributed by atoms with Crippen molar-refractivity contribution in [3.05, 3.63) is 53.6 Å². The molecule has 0 amide bonds. The average molecular weight is 394 g/mol. The van der Waals surface area contributed by atoms with Gasteiger partial charge in [0.1, 0.15) is 22.1 Å². The third kappa shape index (κ3) is 6.20. The first-order chi connectivity index (χ1) is 12.6. The lowest BCUT2D eigenvalue weighted by atomic mass is 10.0. The van der Waals surface area contributed by atoms with Crippen LogP contribution in [0.2, 0.25) is 0 Å². The van der Waals surface area contributed by atoms with Crippen LogP contribution in [0.3, 0.4) is 0 Å². The van der Waals surface area contributed by atoms with Crippen LogP contribution < -0.4 is 9.46 Å². The van der Waals surface area contributed by atoms with E-state index in [1.807, 2.05) is 6.92 Å². The first-order valence-corrected chi connectivity index (χ1v) is 9.51. The number of benzene rings is 1. The van der Waals surface area contributed by atoms with E-state index in [0.29, 0.717) is 11.5 Å². The Labute approximate surface area is 161 Å². The molecule has 0 spiro atoms. The summed E-state index contributed by atoms with van der Waals surface area (Å²) in [6, 6.07) is 6.59. The molecule has 2 unspecified atom stereocenters. The van der Waals surface area contributed by atoms with Crippen LogP contribution in [0.25, 0.3) is 0 Å². The largest absolute Gasteiger partial charge is 0.598 e. The van der Waals surface area contributed by atoms with E-state index in [-0.39, 0.29) is 5.56 Å². The van der Waals surface area contributed by atoms with Gasteiger partial charge in [-0.3, -0.25) is 9.78 Å². The monoisotopic (exact) mass is 394 g/mol. The number of pyridine rings is 1. The minimum Gasteiger partial charge on any atom is -0.598 e. The number of nitrogens with zero attached hydrogens (tertiary/aromatic N) is 1. The van der Waals surface area contributed by atoms with Crippen molar-refractivity contribution < 1.29 is 23.6 Å². The maximum Gasteiger partial charge on any atom is 0.305 e. The standard InChI is InChI=1S/C19H23FN2O4S/c1-12-5-6-14(11-21-12)26-13-7-8-16(20)15(9-13)17(10-18(23)24)22-27(25)19(2,3)4/h5-9,11,17,22H,10H2,1-4H3,(H,23,24). The second kappa shape index (κ2) is 8.69. The Balaban J connectivity index is 2.30. The van der Waals surface area contributed by atoms with Gasteiger partial charge < -0.3 is 14.4 Å². The van der Waals surface area contributed by atoms with Crippen molar-refractivity contribution in [1.29, 1.82) is 0 Å². The molecule has 0 saturated heterocycles. The molecule has 2 atom stereocenters. The van der Waals surface area contributed by atoms with Gasteiger partial charge >= 0.3 is 5.97 Å². The number of carboxylic acid groups (broad SMARTS) is 1. The predicted octanol–water partition coefficient (Wildman–Crippen LogP) is 3.89. The quantitative estimate of drug-likeness (QED) is 0.692. The molecule has 27 heavy (non-hydrogen) atoms. The van der Waals surface area contributed by atoms with Crippen LogP contribution in [0, 0.1) is 12.7 Å². The number of rotatable bonds is 7. The summed E-state index contributed by atoms with van der Waals surface area (Å²) >= 11 is -1.57. The zero-order valence-electron chi connectivity index (χ0n) is 15.7. The van der Waals surface area contributed by atoms with E-state index in [1.54, 1.807) is 39.1 Å². The highest BCUT2D eigenvalue weighted by atomic mass is 32.2. The van der Waals surface area contributed by atoms with Crippen molar-refractivity contribution in [3.63, 3.8) is 0 Å². The summed E-state index contributed by atoms with van der Waals surface area (Å²) in [5.41, 5.74) is 0.907. The van der Waals surface area contributed by atoms with Gasteiger partial charge in [0, 0.05) is 22.6 Å². The Morgan fingerprint density at radius 3 is 2.56 bits per heavy atom. The maximum atomic E-state index is 14.4. The zero-order valence-corrected chi connectivity index (χ0v) is 16.5. The Bertz CT molecular complexity index is 793. The number of hydrogen-bond donors (Lipinski definition) is 2. The summed E-state index contributed by atoms with van der Waals surface area (Å²) in [5, 5.41) is 9.18. The minimum atomic E-state index is -1.57. The lowest BCUT2D eigenvalue weighted by Gasteiger charge is -2.27. The molecule has 0 radical (unpaired) electrons. The SMILES string of the molecule is Cc1ccc(Oc2ccc(F)c(C(CC(=O)O)N[S+]([O-])C(C)(C)C)c2)cn1. The van der Waals surface area contributed by atoms with Gasteiger partial charge in [-0.2, -0.15) is 0 Å². The Morgan fingerprint density at radius 2 is 2.00 bits per heavy atom. The highest BCUT2D eigenvalue weighted by Crippen LogP contribution is 2.29. The van der Waals surface area contributed by atoms with Gasteiger partial charge in [-0.05, 0) is 58.0 Å². The number of carbonyl (C=O) groups is 1. The lowest BCUT2D eigenvalue weighted by Crippen LogP contribution is -2.42. The van der Waals surface area contributed by atoms with Crippen LogP contribution in [0.15, 0.2) is 36.5 Å². The second-order valence-corrected chi connectivity index (χ2v) is 9.07. The fourth-order valence-corrected chi connectivity index (χ4v) is 3.02. The molecule has 0 aliphatic carbocycles. The fourth-order valence-electron chi connectivity index (χ4n) is 2.20. The third-order valence-corrected chi connectivity index (χ3v) is 5.26. The summed E-state index contributed by atoms with van der Waals surface area (Å²) in [6.07, 6.45) is 1.12. The predicted molar refractivity (Wildman–Crippen MR) is 101 cm³/mol. The van der Waals surface area contributed by atoms with Crippen molar-refractivity contribution in [3.8, 4) is 11.5 Å². The van der Waals surface area contributed by atoms with E-state index in [4.69, 9.17) is 4.74 Å². The summed E-state index contributed by atoms with van der Waals surface area (Å²) in [4.78, 5) is 15.4. The van der Waals surface area contributed by atoms with Crippen molar-refractivity contribution >= 4 is 17.3 Å². The number of halogens is 1. The van der Waals surface area contributed by atoms with Crippen LogP contribution in [0.5, 0.6) is 11.5 Å². The highest BCUT2D eigenvalue weighted by molar-refractivity contribution is 7.90. The van der Waals surface area contributed by atoms with Gasteiger partial charge in [0.2, 0.25) is 0 Å². The van der Waals surface area contributed by atoms with Gasteiger partial charge in [0.25, 0.3) is 0 Å². The van der Waals surface area contributed by atoms with E-state index < -0.39 is 40.4 Å². The van der Waals surface area contributed by atoms with E-state index >= 15 is 0 Å².